The van der Waals surface area contributed by atoms with Crippen LogP contribution in [0.4, 0.5) is 0 Å². The van der Waals surface area contributed by atoms with E-state index in [1.54, 1.807) is 20.3 Å². The number of amides is 1. The Bertz CT molecular complexity index is 432. The quantitative estimate of drug-likeness (QED) is 0.783. The molecule has 0 unspecified atom stereocenters. The lowest BCUT2D eigenvalue weighted by Crippen LogP contribution is -2.23. The zero-order valence-corrected chi connectivity index (χ0v) is 11.7. The van der Waals surface area contributed by atoms with E-state index in [0.29, 0.717) is 25.1 Å². The van der Waals surface area contributed by atoms with Gasteiger partial charge < -0.3 is 19.9 Å². The Balaban J connectivity index is 2.74. The van der Waals surface area contributed by atoms with Crippen LogP contribution in [-0.2, 0) is 11.3 Å². The van der Waals surface area contributed by atoms with Gasteiger partial charge in [0.2, 0.25) is 5.91 Å². The lowest BCUT2D eigenvalue weighted by atomic mass is 10.1. The molecule has 1 aromatic rings. The Morgan fingerprint density at radius 2 is 2.05 bits per heavy atom. The molecular formula is C14H21NO4. The van der Waals surface area contributed by atoms with E-state index in [-0.39, 0.29) is 12.5 Å². The summed E-state index contributed by atoms with van der Waals surface area (Å²) in [6.45, 7) is 2.38. The van der Waals surface area contributed by atoms with Gasteiger partial charge in [-0.2, -0.15) is 0 Å². The molecule has 0 fully saturated rings. The van der Waals surface area contributed by atoms with Crippen LogP contribution in [0.2, 0.25) is 0 Å². The molecule has 0 aromatic heterocycles. The van der Waals surface area contributed by atoms with Gasteiger partial charge in [-0.1, -0.05) is 0 Å². The second kappa shape index (κ2) is 7.63. The van der Waals surface area contributed by atoms with E-state index in [4.69, 9.17) is 14.6 Å². The first-order valence-corrected chi connectivity index (χ1v) is 6.21. The van der Waals surface area contributed by atoms with Gasteiger partial charge in [-0.3, -0.25) is 4.79 Å². The van der Waals surface area contributed by atoms with E-state index in [0.717, 1.165) is 16.9 Å². The lowest BCUT2D eigenvalue weighted by Gasteiger charge is -2.14. The zero-order valence-electron chi connectivity index (χ0n) is 11.7. The summed E-state index contributed by atoms with van der Waals surface area (Å²) >= 11 is 0. The number of benzene rings is 1. The van der Waals surface area contributed by atoms with Crippen molar-refractivity contribution in [1.29, 1.82) is 0 Å². The first-order chi connectivity index (χ1) is 9.12. The minimum Gasteiger partial charge on any atom is -0.497 e. The Labute approximate surface area is 113 Å². The average Bonchev–Trinajstić information content (AvgIpc) is 2.42. The number of ether oxygens (including phenoxy) is 2. The summed E-state index contributed by atoms with van der Waals surface area (Å²) in [6, 6.07) is 3.69. The van der Waals surface area contributed by atoms with Crippen LogP contribution < -0.4 is 14.8 Å². The van der Waals surface area contributed by atoms with Crippen molar-refractivity contribution in [2.45, 2.75) is 26.3 Å². The van der Waals surface area contributed by atoms with Crippen molar-refractivity contribution in [3.8, 4) is 11.5 Å². The standard InChI is InChI=1S/C14H21NO4/c1-10-7-11(18-2)8-13(19-3)12(10)9-15-14(17)5-4-6-16/h7-8,16H,4-6,9H2,1-3H3,(H,15,17). The summed E-state index contributed by atoms with van der Waals surface area (Å²) in [7, 11) is 3.19. The van der Waals surface area contributed by atoms with Crippen LogP contribution in [0.1, 0.15) is 24.0 Å². The van der Waals surface area contributed by atoms with Gasteiger partial charge in [0.1, 0.15) is 11.5 Å². The zero-order chi connectivity index (χ0) is 14.3. The first-order valence-electron chi connectivity index (χ1n) is 6.21. The highest BCUT2D eigenvalue weighted by Crippen LogP contribution is 2.28. The van der Waals surface area contributed by atoms with Crippen molar-refractivity contribution in [2.75, 3.05) is 20.8 Å². The summed E-state index contributed by atoms with van der Waals surface area (Å²) < 4.78 is 10.5. The molecule has 1 rings (SSSR count). The van der Waals surface area contributed by atoms with Gasteiger partial charge in [0.05, 0.1) is 14.2 Å². The van der Waals surface area contributed by atoms with Crippen LogP contribution in [-0.4, -0.2) is 31.8 Å². The Hall–Kier alpha value is -1.75. The van der Waals surface area contributed by atoms with Crippen molar-refractivity contribution in [3.63, 3.8) is 0 Å². The predicted octanol–water partition coefficient (Wildman–Crippen LogP) is 1.40. The fourth-order valence-corrected chi connectivity index (χ4v) is 1.79. The number of carbonyl (C=O) groups is 1. The van der Waals surface area contributed by atoms with Crippen LogP contribution in [0.5, 0.6) is 11.5 Å². The van der Waals surface area contributed by atoms with E-state index in [1.165, 1.54) is 0 Å². The molecular weight excluding hydrogens is 246 g/mol. The minimum atomic E-state index is -0.0775. The molecule has 5 nitrogen and oxygen atoms in total. The minimum absolute atomic E-state index is 0.0261. The highest BCUT2D eigenvalue weighted by atomic mass is 16.5. The number of rotatable bonds is 7. The maximum atomic E-state index is 11.5. The van der Waals surface area contributed by atoms with Crippen molar-refractivity contribution in [1.82, 2.24) is 5.32 Å². The molecule has 106 valence electrons. The lowest BCUT2D eigenvalue weighted by molar-refractivity contribution is -0.121. The maximum Gasteiger partial charge on any atom is 0.220 e. The molecule has 2 N–H and O–H groups in total. The SMILES string of the molecule is COc1cc(C)c(CNC(=O)CCCO)c(OC)c1. The maximum absolute atomic E-state index is 11.5. The number of hydrogen-bond acceptors (Lipinski definition) is 4. The summed E-state index contributed by atoms with van der Waals surface area (Å²) in [5.41, 5.74) is 1.93. The molecule has 5 heteroatoms. The summed E-state index contributed by atoms with van der Waals surface area (Å²) in [5.74, 6) is 1.34. The molecule has 0 heterocycles. The van der Waals surface area contributed by atoms with Gasteiger partial charge in [0.25, 0.3) is 0 Å². The molecule has 0 bridgehead atoms. The Kier molecular flexibility index (Phi) is 6.15. The first kappa shape index (κ1) is 15.3. The predicted molar refractivity (Wildman–Crippen MR) is 72.4 cm³/mol. The van der Waals surface area contributed by atoms with E-state index >= 15 is 0 Å². The van der Waals surface area contributed by atoms with E-state index in [1.807, 2.05) is 13.0 Å². The van der Waals surface area contributed by atoms with Crippen LogP contribution in [0.15, 0.2) is 12.1 Å². The topological polar surface area (TPSA) is 67.8 Å². The third-order valence-corrected chi connectivity index (χ3v) is 2.89. The molecule has 0 spiro atoms. The van der Waals surface area contributed by atoms with Gasteiger partial charge in [-0.25, -0.2) is 0 Å². The third kappa shape index (κ3) is 4.44. The number of aliphatic hydroxyl groups excluding tert-OH is 1. The van der Waals surface area contributed by atoms with E-state index in [2.05, 4.69) is 5.32 Å². The van der Waals surface area contributed by atoms with Gasteiger partial charge in [-0.05, 0) is 25.0 Å². The number of aryl methyl sites for hydroxylation is 1. The molecule has 0 saturated carbocycles. The second-order valence-electron chi connectivity index (χ2n) is 4.23. The van der Waals surface area contributed by atoms with Crippen molar-refractivity contribution in [2.24, 2.45) is 0 Å². The summed E-state index contributed by atoms with van der Waals surface area (Å²) in [4.78, 5) is 11.5. The largest absolute Gasteiger partial charge is 0.497 e. The molecule has 19 heavy (non-hydrogen) atoms. The Morgan fingerprint density at radius 1 is 1.32 bits per heavy atom. The molecule has 0 aliphatic carbocycles. The van der Waals surface area contributed by atoms with Gasteiger partial charge in [-0.15, -0.1) is 0 Å². The van der Waals surface area contributed by atoms with E-state index in [9.17, 15) is 4.79 Å². The summed E-state index contributed by atoms with van der Waals surface area (Å²) in [6.07, 6.45) is 0.804. The monoisotopic (exact) mass is 267 g/mol. The van der Waals surface area contributed by atoms with Crippen molar-refractivity contribution >= 4 is 5.91 Å². The smallest absolute Gasteiger partial charge is 0.220 e. The molecule has 1 amide bonds. The molecule has 0 aliphatic rings. The van der Waals surface area contributed by atoms with Gasteiger partial charge in [0.15, 0.2) is 0 Å². The number of methoxy groups -OCH3 is 2. The van der Waals surface area contributed by atoms with Crippen LogP contribution in [0.25, 0.3) is 0 Å². The number of aliphatic hydroxyl groups is 1. The molecule has 0 aliphatic heterocycles. The van der Waals surface area contributed by atoms with Crippen LogP contribution in [0, 0.1) is 6.92 Å². The van der Waals surface area contributed by atoms with Crippen LogP contribution in [0.3, 0.4) is 0 Å². The van der Waals surface area contributed by atoms with Gasteiger partial charge in [0, 0.05) is 31.2 Å². The summed E-state index contributed by atoms with van der Waals surface area (Å²) in [5, 5.41) is 11.5. The normalized spacial score (nSPS) is 10.1. The molecule has 0 saturated heterocycles. The molecule has 0 radical (unpaired) electrons. The molecule has 0 atom stereocenters. The fourth-order valence-electron chi connectivity index (χ4n) is 1.79. The van der Waals surface area contributed by atoms with Gasteiger partial charge >= 0.3 is 0 Å². The molecule has 1 aromatic carbocycles. The van der Waals surface area contributed by atoms with Crippen molar-refractivity contribution in [3.05, 3.63) is 23.3 Å². The highest BCUT2D eigenvalue weighted by Gasteiger charge is 2.10. The third-order valence-electron chi connectivity index (χ3n) is 2.89. The Morgan fingerprint density at radius 3 is 2.63 bits per heavy atom. The van der Waals surface area contributed by atoms with E-state index < -0.39 is 0 Å². The van der Waals surface area contributed by atoms with Crippen LogP contribution >= 0.6 is 0 Å². The number of nitrogens with one attached hydrogen (secondary N) is 1. The number of carbonyl (C=O) groups excluding carboxylic acids is 1. The van der Waals surface area contributed by atoms with Crippen molar-refractivity contribution < 1.29 is 19.4 Å². The fraction of sp³-hybridized carbons (Fsp3) is 0.500. The second-order valence-corrected chi connectivity index (χ2v) is 4.23. The highest BCUT2D eigenvalue weighted by molar-refractivity contribution is 5.76. The number of hydrogen-bond donors (Lipinski definition) is 2. The average molecular weight is 267 g/mol.